The predicted molar refractivity (Wildman–Crippen MR) is 73.7 cm³/mol. The molecule has 5 heteroatoms. The van der Waals surface area contributed by atoms with Gasteiger partial charge in [0.15, 0.2) is 5.78 Å². The van der Waals surface area contributed by atoms with Crippen LogP contribution in [0.1, 0.15) is 17.3 Å². The van der Waals surface area contributed by atoms with E-state index in [-0.39, 0.29) is 12.3 Å². The maximum atomic E-state index is 11.8. The van der Waals surface area contributed by atoms with Crippen molar-refractivity contribution < 1.29 is 13.9 Å². The average Bonchev–Trinajstić information content (AvgIpc) is 2.35. The second-order valence-corrected chi connectivity index (χ2v) is 6.86. The number of nitrogens with one attached hydrogen (secondary N) is 1. The van der Waals surface area contributed by atoms with Crippen LogP contribution in [0.5, 0.6) is 0 Å². The molecule has 1 unspecified atom stereocenters. The van der Waals surface area contributed by atoms with Gasteiger partial charge in [-0.2, -0.15) is 0 Å². The van der Waals surface area contributed by atoms with Crippen molar-refractivity contribution in [1.29, 1.82) is 0 Å². The molecule has 1 rings (SSSR count). The Hall–Kier alpha value is -0.960. The molecule has 1 aromatic carbocycles. The van der Waals surface area contributed by atoms with E-state index in [1.54, 1.807) is 18.8 Å². The van der Waals surface area contributed by atoms with Crippen LogP contribution in [0.25, 0.3) is 0 Å². The number of benzene rings is 1. The monoisotopic (exact) mass is 269 g/mol. The highest BCUT2D eigenvalue weighted by Gasteiger charge is 2.14. The van der Waals surface area contributed by atoms with Crippen molar-refractivity contribution in [2.24, 2.45) is 0 Å². The van der Waals surface area contributed by atoms with Crippen molar-refractivity contribution in [2.75, 3.05) is 32.5 Å². The molecule has 0 bridgehead atoms. The van der Waals surface area contributed by atoms with E-state index in [9.17, 15) is 9.36 Å². The molecule has 0 saturated carbocycles. The van der Waals surface area contributed by atoms with Gasteiger partial charge in [0.25, 0.3) is 0 Å². The Morgan fingerprint density at radius 1 is 1.33 bits per heavy atom. The highest BCUT2D eigenvalue weighted by Crippen LogP contribution is 2.41. The fourth-order valence-corrected chi connectivity index (χ4v) is 2.79. The zero-order valence-corrected chi connectivity index (χ0v) is 11.8. The van der Waals surface area contributed by atoms with Crippen LogP contribution in [0, 0.1) is 0 Å². The summed E-state index contributed by atoms with van der Waals surface area (Å²) in [4.78, 5) is 11.7. The first-order valence-corrected chi connectivity index (χ1v) is 8.31. The molecule has 0 fully saturated rings. The van der Waals surface area contributed by atoms with E-state index in [1.807, 2.05) is 25.1 Å². The van der Waals surface area contributed by atoms with Gasteiger partial charge in [0.05, 0.1) is 13.2 Å². The van der Waals surface area contributed by atoms with Gasteiger partial charge in [-0.15, -0.1) is 0 Å². The number of hydrogen-bond acceptors (Lipinski definition) is 4. The van der Waals surface area contributed by atoms with Crippen LogP contribution in [0.15, 0.2) is 30.3 Å². The Kier molecular flexibility index (Phi) is 6.27. The first-order valence-electron chi connectivity index (χ1n) is 6.05. The molecular formula is C13H20NO3P. The highest BCUT2D eigenvalue weighted by molar-refractivity contribution is 7.58. The summed E-state index contributed by atoms with van der Waals surface area (Å²) in [7, 11) is -2.50. The van der Waals surface area contributed by atoms with Gasteiger partial charge in [-0.3, -0.25) is 9.36 Å². The number of carbonyl (C=O) groups is 1. The maximum absolute atomic E-state index is 11.8. The van der Waals surface area contributed by atoms with Gasteiger partial charge >= 0.3 is 0 Å². The summed E-state index contributed by atoms with van der Waals surface area (Å²) in [6.07, 6.45) is 0.447. The van der Waals surface area contributed by atoms with Crippen LogP contribution in [0.2, 0.25) is 0 Å². The van der Waals surface area contributed by atoms with Crippen LogP contribution in [-0.4, -0.2) is 38.3 Å². The summed E-state index contributed by atoms with van der Waals surface area (Å²) in [6.45, 7) is 4.68. The van der Waals surface area contributed by atoms with Crippen LogP contribution >= 0.6 is 7.37 Å². The molecule has 1 atom stereocenters. The van der Waals surface area contributed by atoms with Gasteiger partial charge in [-0.05, 0) is 6.92 Å². The standard InChI is InChI=1S/C13H20NO3P/c1-3-17-18(2,16)10-9-14-11-13(15)12-7-5-4-6-8-12/h4-8,14H,3,9-11H2,1-2H3. The van der Waals surface area contributed by atoms with Gasteiger partial charge in [-0.1, -0.05) is 30.3 Å². The molecule has 0 amide bonds. The van der Waals surface area contributed by atoms with E-state index in [2.05, 4.69) is 5.32 Å². The fraction of sp³-hybridized carbons (Fsp3) is 0.462. The molecule has 4 nitrogen and oxygen atoms in total. The van der Waals surface area contributed by atoms with E-state index in [0.717, 1.165) is 0 Å². The van der Waals surface area contributed by atoms with E-state index in [1.165, 1.54) is 0 Å². The number of ketones is 1. The van der Waals surface area contributed by atoms with Crippen molar-refractivity contribution in [1.82, 2.24) is 5.32 Å². The van der Waals surface area contributed by atoms with Gasteiger partial charge < -0.3 is 9.84 Å². The SMILES string of the molecule is CCOP(C)(=O)CCNCC(=O)c1ccccc1. The Bertz CT molecular complexity index is 420. The zero-order valence-electron chi connectivity index (χ0n) is 10.9. The maximum Gasteiger partial charge on any atom is 0.201 e. The van der Waals surface area contributed by atoms with E-state index in [0.29, 0.717) is 24.9 Å². The molecule has 0 aliphatic heterocycles. The Balaban J connectivity index is 2.27. The van der Waals surface area contributed by atoms with Crippen molar-refractivity contribution in [3.05, 3.63) is 35.9 Å². The van der Waals surface area contributed by atoms with Gasteiger partial charge in [-0.25, -0.2) is 0 Å². The Morgan fingerprint density at radius 2 is 2.00 bits per heavy atom. The lowest BCUT2D eigenvalue weighted by Crippen LogP contribution is -2.26. The molecular weight excluding hydrogens is 249 g/mol. The predicted octanol–water partition coefficient (Wildman–Crippen LogP) is 2.40. The van der Waals surface area contributed by atoms with Crippen molar-refractivity contribution in [3.63, 3.8) is 0 Å². The molecule has 0 radical (unpaired) electrons. The molecule has 18 heavy (non-hydrogen) atoms. The minimum absolute atomic E-state index is 0.0398. The Morgan fingerprint density at radius 3 is 2.61 bits per heavy atom. The van der Waals surface area contributed by atoms with Gasteiger partial charge in [0, 0.05) is 24.9 Å². The van der Waals surface area contributed by atoms with Gasteiger partial charge in [0.1, 0.15) is 0 Å². The van der Waals surface area contributed by atoms with Crippen molar-refractivity contribution in [3.8, 4) is 0 Å². The normalized spacial score (nSPS) is 14.1. The summed E-state index contributed by atoms with van der Waals surface area (Å²) >= 11 is 0. The third-order valence-corrected chi connectivity index (χ3v) is 4.32. The third kappa shape index (κ3) is 5.58. The molecule has 0 aliphatic rings. The molecule has 1 N–H and O–H groups in total. The van der Waals surface area contributed by atoms with Crippen molar-refractivity contribution in [2.45, 2.75) is 6.92 Å². The zero-order chi connectivity index (χ0) is 13.4. The van der Waals surface area contributed by atoms with Gasteiger partial charge in [0.2, 0.25) is 7.37 Å². The second kappa shape index (κ2) is 7.47. The lowest BCUT2D eigenvalue weighted by atomic mass is 10.1. The summed E-state index contributed by atoms with van der Waals surface area (Å²) in [5.41, 5.74) is 0.689. The number of hydrogen-bond donors (Lipinski definition) is 1. The summed E-state index contributed by atoms with van der Waals surface area (Å²) in [6, 6.07) is 9.12. The second-order valence-electron chi connectivity index (χ2n) is 4.12. The average molecular weight is 269 g/mol. The highest BCUT2D eigenvalue weighted by atomic mass is 31.2. The lowest BCUT2D eigenvalue weighted by molar-refractivity contribution is 0.0991. The van der Waals surface area contributed by atoms with E-state index < -0.39 is 7.37 Å². The molecule has 0 heterocycles. The van der Waals surface area contributed by atoms with Crippen LogP contribution in [0.3, 0.4) is 0 Å². The van der Waals surface area contributed by atoms with E-state index in [4.69, 9.17) is 4.52 Å². The van der Waals surface area contributed by atoms with E-state index >= 15 is 0 Å². The molecule has 100 valence electrons. The Labute approximate surface area is 108 Å². The topological polar surface area (TPSA) is 55.4 Å². The van der Waals surface area contributed by atoms with Crippen LogP contribution in [-0.2, 0) is 9.09 Å². The fourth-order valence-electron chi connectivity index (χ4n) is 1.55. The molecule has 1 aromatic rings. The molecule has 0 aliphatic carbocycles. The molecule has 0 aromatic heterocycles. The third-order valence-electron chi connectivity index (χ3n) is 2.48. The van der Waals surface area contributed by atoms with Crippen LogP contribution < -0.4 is 5.32 Å². The number of carbonyl (C=O) groups excluding carboxylic acids is 1. The van der Waals surface area contributed by atoms with Crippen molar-refractivity contribution >= 4 is 13.2 Å². The minimum Gasteiger partial charge on any atom is -0.329 e. The summed E-state index contributed by atoms with van der Waals surface area (Å²) < 4.78 is 16.9. The largest absolute Gasteiger partial charge is 0.329 e. The first kappa shape index (κ1) is 15.1. The van der Waals surface area contributed by atoms with Crippen LogP contribution in [0.4, 0.5) is 0 Å². The lowest BCUT2D eigenvalue weighted by Gasteiger charge is -2.12. The summed E-state index contributed by atoms with van der Waals surface area (Å²) in [5, 5.41) is 3.00. The first-order chi connectivity index (χ1) is 8.55. The minimum atomic E-state index is -2.50. The molecule has 0 saturated heterocycles. The smallest absolute Gasteiger partial charge is 0.201 e. The molecule has 0 spiro atoms. The number of Topliss-reactive ketones (excluding diaryl/α,β-unsaturated/α-hetero) is 1. The summed E-state index contributed by atoms with van der Waals surface area (Å²) in [5.74, 6) is 0.0398. The number of rotatable bonds is 8. The quantitative estimate of drug-likeness (QED) is 0.447.